The van der Waals surface area contributed by atoms with Gasteiger partial charge in [-0.25, -0.2) is 0 Å². The van der Waals surface area contributed by atoms with Crippen molar-refractivity contribution in [1.82, 2.24) is 20.4 Å². The molecule has 95 heavy (non-hydrogen) atoms. The zero-order valence-corrected chi connectivity index (χ0v) is 54.1. The highest BCUT2D eigenvalue weighted by atomic mass is 16.6. The number of ether oxygens (including phenoxy) is 12. The van der Waals surface area contributed by atoms with Crippen LogP contribution in [-0.4, -0.2) is 465 Å². The number of nitrogens with one attached hydrogen (secondary N) is 2. The number of nitrogens with two attached hydrogens (primary N) is 1. The number of aliphatic hydroxyl groups is 20. The highest BCUT2D eigenvalue weighted by molar-refractivity contribution is 5.88. The lowest BCUT2D eigenvalue weighted by Crippen LogP contribution is -2.53. The van der Waals surface area contributed by atoms with E-state index in [1.165, 1.54) is 9.80 Å². The minimum atomic E-state index is -1.91. The second kappa shape index (κ2) is 60.3. The molecule has 39 nitrogen and oxygen atoms in total. The topological polar surface area (TPSA) is 606 Å². The fraction of sp³-hybridized carbons (Fsp3) is 0.964. The third kappa shape index (κ3) is 46.6. The fourth-order valence-corrected chi connectivity index (χ4v) is 8.05. The van der Waals surface area contributed by atoms with E-state index in [-0.39, 0.29) is 138 Å². The maximum Gasteiger partial charge on any atom is 0.237 e. The van der Waals surface area contributed by atoms with Gasteiger partial charge in [0.2, 0.25) is 11.8 Å². The Morgan fingerprint density at radius 3 is 0.695 bits per heavy atom. The van der Waals surface area contributed by atoms with Crippen LogP contribution in [0.25, 0.3) is 0 Å². The Kier molecular flexibility index (Phi) is 58.8. The van der Waals surface area contributed by atoms with Gasteiger partial charge in [-0.2, -0.15) is 0 Å². The van der Waals surface area contributed by atoms with Crippen LogP contribution in [-0.2, 0) is 66.4 Å². The number of aliphatic hydroxyl groups excluding tert-OH is 20. The van der Waals surface area contributed by atoms with Crippen molar-refractivity contribution in [3.63, 3.8) is 0 Å². The van der Waals surface area contributed by atoms with Crippen LogP contribution in [0.2, 0.25) is 0 Å². The van der Waals surface area contributed by atoms with Crippen molar-refractivity contribution in [3.8, 4) is 0 Å². The Balaban J connectivity index is 3.89. The summed E-state index contributed by atoms with van der Waals surface area (Å²) in [6, 6.07) is -1.07. The Hall–Kier alpha value is -2.46. The molecule has 0 spiro atoms. The maximum atomic E-state index is 12.3. The highest BCUT2D eigenvalue weighted by Gasteiger charge is 2.36. The summed E-state index contributed by atoms with van der Waals surface area (Å²) in [6.45, 7) is 0.724. The van der Waals surface area contributed by atoms with Crippen LogP contribution in [0.5, 0.6) is 0 Å². The van der Waals surface area contributed by atoms with Gasteiger partial charge < -0.3 is 175 Å². The van der Waals surface area contributed by atoms with E-state index in [4.69, 9.17) is 83.0 Å². The molecule has 39 heteroatoms. The van der Waals surface area contributed by atoms with Gasteiger partial charge in [-0.15, -0.1) is 0 Å². The monoisotopic (exact) mass is 1400 g/mol. The summed E-state index contributed by atoms with van der Waals surface area (Å²) in [7, 11) is 0. The quantitative estimate of drug-likeness (QED) is 0.0251. The van der Waals surface area contributed by atoms with E-state index in [9.17, 15) is 91.3 Å². The third-order valence-electron chi connectivity index (χ3n) is 13.8. The lowest BCUT2D eigenvalue weighted by molar-refractivity contribution is -0.131. The van der Waals surface area contributed by atoms with E-state index < -0.39 is 168 Å². The molecule has 0 aliphatic rings. The molecule has 0 aliphatic carbocycles. The summed E-state index contributed by atoms with van der Waals surface area (Å²) >= 11 is 0. The van der Waals surface area contributed by atoms with Gasteiger partial charge in [0, 0.05) is 52.4 Å². The van der Waals surface area contributed by atoms with Crippen molar-refractivity contribution in [3.05, 3.63) is 0 Å². The summed E-state index contributed by atoms with van der Waals surface area (Å²) in [6.07, 6.45) is -29.3. The number of hydrogen-bond donors (Lipinski definition) is 23. The van der Waals surface area contributed by atoms with E-state index >= 15 is 0 Å². The van der Waals surface area contributed by atoms with Crippen molar-refractivity contribution in [2.45, 2.75) is 110 Å². The first-order chi connectivity index (χ1) is 45.5. The lowest BCUT2D eigenvalue weighted by atomic mass is 10.0. The van der Waals surface area contributed by atoms with Gasteiger partial charge in [0.05, 0.1) is 222 Å². The van der Waals surface area contributed by atoms with Crippen LogP contribution < -0.4 is 16.4 Å². The first-order valence-electron chi connectivity index (χ1n) is 31.5. The molecule has 0 fully saturated rings. The number of carbonyl (C=O) groups excluding carboxylic acids is 2. The SMILES string of the molecule is N[C@@H](CC(=O)NCCOCCOCCOCCOCCOCCOCCN(C[C@H](O)[C@@H](O)[C@H](O)[C@H](O)CO)C[C@H](O)[C@@H](O)[C@H](O)[C@H](O)CO)C(=O)NCCOCCOCCOCCOCCOCCOCCN(C[C@H](O)[C@@H](O)[C@H](O)[C@H](O)CO)C[C@H](O)[C@@H](O)[C@H](O)[C@H](O)CO. The van der Waals surface area contributed by atoms with Crippen molar-refractivity contribution in [2.24, 2.45) is 5.73 Å². The maximum absolute atomic E-state index is 12.3. The van der Waals surface area contributed by atoms with Gasteiger partial charge in [-0.1, -0.05) is 0 Å². The molecule has 0 heterocycles. The molecule has 0 rings (SSSR count). The van der Waals surface area contributed by atoms with Gasteiger partial charge >= 0.3 is 0 Å². The van der Waals surface area contributed by atoms with Gasteiger partial charge in [0.1, 0.15) is 73.2 Å². The highest BCUT2D eigenvalue weighted by Crippen LogP contribution is 2.13. The smallest absolute Gasteiger partial charge is 0.237 e. The molecule has 0 saturated carbocycles. The number of nitrogens with zero attached hydrogens (tertiary/aromatic N) is 2. The molecule has 0 saturated heterocycles. The minimum absolute atomic E-state index is 0.00224. The van der Waals surface area contributed by atoms with Crippen LogP contribution in [0.4, 0.5) is 0 Å². The average molecular weight is 1400 g/mol. The Morgan fingerprint density at radius 2 is 0.474 bits per heavy atom. The van der Waals surface area contributed by atoms with Crippen molar-refractivity contribution >= 4 is 11.8 Å². The van der Waals surface area contributed by atoms with E-state index in [0.717, 1.165) is 0 Å². The van der Waals surface area contributed by atoms with Crippen LogP contribution in [0.3, 0.4) is 0 Å². The molecule has 17 atom stereocenters. The Morgan fingerprint density at radius 1 is 0.284 bits per heavy atom. The van der Waals surface area contributed by atoms with Gasteiger partial charge in [0.25, 0.3) is 0 Å². The molecule has 0 unspecified atom stereocenters. The Labute approximate surface area is 552 Å². The average Bonchev–Trinajstić information content (AvgIpc) is 1.18. The van der Waals surface area contributed by atoms with Crippen LogP contribution in [0.15, 0.2) is 0 Å². The molecule has 0 radical (unpaired) electrons. The van der Waals surface area contributed by atoms with Gasteiger partial charge in [0.15, 0.2) is 0 Å². The second-order valence-corrected chi connectivity index (χ2v) is 21.5. The summed E-state index contributed by atoms with van der Waals surface area (Å²) in [5.41, 5.74) is 5.88. The predicted molar refractivity (Wildman–Crippen MR) is 326 cm³/mol. The first-order valence-corrected chi connectivity index (χ1v) is 31.5. The standard InChI is InChI=1S/C56H115N5O34/c57-38(56(83)59-2-6-85-10-14-89-18-22-93-26-28-95-24-20-91-16-12-87-8-4-61(32-41(68)50(77)54(81)45(72)36-64)33-42(69)51(78)55(82)46(73)37-65)29-47(74)58-1-5-84-9-13-88-17-21-92-25-27-94-23-19-90-15-11-86-7-3-60(30-39(66)48(75)52(79)43(70)34-62)31-40(67)49(76)53(80)44(71)35-63/h38-46,48-55,62-73,75-82H,1-37,57H2,(H,58,74)(H,59,83)/t38-,39-,40-,41-,42-,43+,44+,45+,46+,48+,49+,50+,51+,52+,53+,54+,55+/m0/s1. The van der Waals surface area contributed by atoms with Crippen LogP contribution >= 0.6 is 0 Å². The van der Waals surface area contributed by atoms with Gasteiger partial charge in [-0.05, 0) is 0 Å². The molecule has 2 amide bonds. The third-order valence-corrected chi connectivity index (χ3v) is 13.8. The Bertz CT molecular complexity index is 1700. The van der Waals surface area contributed by atoms with E-state index in [0.29, 0.717) is 52.9 Å². The second-order valence-electron chi connectivity index (χ2n) is 21.5. The number of amides is 2. The molecule has 24 N–H and O–H groups in total. The molecular weight excluding hydrogens is 1290 g/mol. The first kappa shape index (κ1) is 92.5. The molecule has 0 aromatic heterocycles. The molecular formula is C56H115N5O34. The van der Waals surface area contributed by atoms with E-state index in [1.54, 1.807) is 0 Å². The summed E-state index contributed by atoms with van der Waals surface area (Å²) in [5.74, 6) is -0.938. The number of hydrogen-bond acceptors (Lipinski definition) is 37. The minimum Gasteiger partial charge on any atom is -0.394 e. The lowest BCUT2D eigenvalue weighted by Gasteiger charge is -2.33. The van der Waals surface area contributed by atoms with Crippen LogP contribution in [0, 0.1) is 0 Å². The number of rotatable bonds is 69. The van der Waals surface area contributed by atoms with E-state index in [1.807, 2.05) is 0 Å². The number of carbonyl (C=O) groups is 2. The zero-order valence-electron chi connectivity index (χ0n) is 54.1. The van der Waals surface area contributed by atoms with E-state index in [2.05, 4.69) is 10.6 Å². The summed E-state index contributed by atoms with van der Waals surface area (Å²) in [4.78, 5) is 27.2. The summed E-state index contributed by atoms with van der Waals surface area (Å²) in [5, 5.41) is 202. The summed E-state index contributed by atoms with van der Waals surface area (Å²) < 4.78 is 65.6. The molecule has 0 aromatic rings. The van der Waals surface area contributed by atoms with Gasteiger partial charge in [-0.3, -0.25) is 19.4 Å². The van der Waals surface area contributed by atoms with Crippen molar-refractivity contribution < 1.29 is 169 Å². The normalized spacial score (nSPS) is 17.7. The zero-order chi connectivity index (χ0) is 71.2. The largest absolute Gasteiger partial charge is 0.394 e. The molecule has 0 aromatic carbocycles. The predicted octanol–water partition coefficient (Wildman–Crippen LogP) is -14.5. The fourth-order valence-electron chi connectivity index (χ4n) is 8.05. The van der Waals surface area contributed by atoms with Crippen molar-refractivity contribution in [2.75, 3.05) is 237 Å². The van der Waals surface area contributed by atoms with Crippen molar-refractivity contribution in [1.29, 1.82) is 0 Å². The molecule has 0 bridgehead atoms. The molecule has 0 aliphatic heterocycles. The van der Waals surface area contributed by atoms with Crippen LogP contribution in [0.1, 0.15) is 6.42 Å². The molecule has 568 valence electrons.